The fraction of sp³-hybridized carbons (Fsp3) is 0.421. The SMILES string of the molecule is CCOc1cc(CNCc2ccco2)ccc1O[C@H](C)C(=O)N(C)C. The van der Waals surface area contributed by atoms with Gasteiger partial charge in [-0.1, -0.05) is 6.07 Å². The van der Waals surface area contributed by atoms with Crippen LogP contribution in [0.3, 0.4) is 0 Å². The molecule has 1 N–H and O–H groups in total. The molecule has 2 aromatic rings. The average Bonchev–Trinajstić information content (AvgIpc) is 3.09. The quantitative estimate of drug-likeness (QED) is 0.756. The number of nitrogens with one attached hydrogen (secondary N) is 1. The molecular formula is C19H26N2O4. The first-order valence-corrected chi connectivity index (χ1v) is 8.38. The van der Waals surface area contributed by atoms with Crippen LogP contribution in [-0.4, -0.2) is 37.6 Å². The number of amides is 1. The van der Waals surface area contributed by atoms with Crippen molar-refractivity contribution in [3.05, 3.63) is 47.9 Å². The molecule has 0 unspecified atom stereocenters. The fourth-order valence-corrected chi connectivity index (χ4v) is 2.38. The number of carbonyl (C=O) groups is 1. The van der Waals surface area contributed by atoms with Crippen LogP contribution in [0.1, 0.15) is 25.2 Å². The molecule has 0 aliphatic rings. The van der Waals surface area contributed by atoms with Crippen LogP contribution in [0.4, 0.5) is 0 Å². The van der Waals surface area contributed by atoms with E-state index in [1.54, 1.807) is 27.3 Å². The molecular weight excluding hydrogens is 320 g/mol. The van der Waals surface area contributed by atoms with E-state index in [1.165, 1.54) is 4.90 Å². The van der Waals surface area contributed by atoms with Crippen LogP contribution in [0.5, 0.6) is 11.5 Å². The Labute approximate surface area is 148 Å². The molecule has 1 atom stereocenters. The summed E-state index contributed by atoms with van der Waals surface area (Å²) >= 11 is 0. The van der Waals surface area contributed by atoms with E-state index < -0.39 is 6.10 Å². The topological polar surface area (TPSA) is 63.9 Å². The normalized spacial score (nSPS) is 11.8. The van der Waals surface area contributed by atoms with Crippen molar-refractivity contribution >= 4 is 5.91 Å². The number of ether oxygens (including phenoxy) is 2. The van der Waals surface area contributed by atoms with Gasteiger partial charge in [-0.2, -0.15) is 0 Å². The highest BCUT2D eigenvalue weighted by Gasteiger charge is 2.18. The van der Waals surface area contributed by atoms with E-state index >= 15 is 0 Å². The smallest absolute Gasteiger partial charge is 0.262 e. The zero-order valence-corrected chi connectivity index (χ0v) is 15.2. The van der Waals surface area contributed by atoms with Crippen molar-refractivity contribution in [2.45, 2.75) is 33.0 Å². The molecule has 0 aliphatic carbocycles. The lowest BCUT2D eigenvalue weighted by atomic mass is 10.2. The average molecular weight is 346 g/mol. The summed E-state index contributed by atoms with van der Waals surface area (Å²) in [7, 11) is 3.42. The zero-order chi connectivity index (χ0) is 18.2. The van der Waals surface area contributed by atoms with Crippen LogP contribution in [0, 0.1) is 0 Å². The maximum atomic E-state index is 12.0. The third-order valence-electron chi connectivity index (χ3n) is 3.61. The predicted octanol–water partition coefficient (Wildman–Crippen LogP) is 2.82. The lowest BCUT2D eigenvalue weighted by molar-refractivity contribution is -0.135. The van der Waals surface area contributed by atoms with E-state index in [9.17, 15) is 4.79 Å². The molecule has 0 spiro atoms. The summed E-state index contributed by atoms with van der Waals surface area (Å²) in [5, 5.41) is 3.32. The molecule has 1 aromatic heterocycles. The number of benzene rings is 1. The molecule has 6 heteroatoms. The highest BCUT2D eigenvalue weighted by Crippen LogP contribution is 2.29. The highest BCUT2D eigenvalue weighted by molar-refractivity contribution is 5.80. The fourth-order valence-electron chi connectivity index (χ4n) is 2.38. The molecule has 0 saturated heterocycles. The van der Waals surface area contributed by atoms with Gasteiger partial charge in [0.25, 0.3) is 5.91 Å². The second kappa shape index (κ2) is 9.13. The van der Waals surface area contributed by atoms with E-state index in [0.29, 0.717) is 31.2 Å². The highest BCUT2D eigenvalue weighted by atomic mass is 16.5. The molecule has 25 heavy (non-hydrogen) atoms. The molecule has 0 bridgehead atoms. The third-order valence-corrected chi connectivity index (χ3v) is 3.61. The van der Waals surface area contributed by atoms with E-state index in [-0.39, 0.29) is 5.91 Å². The van der Waals surface area contributed by atoms with Gasteiger partial charge in [0.15, 0.2) is 17.6 Å². The molecule has 2 rings (SSSR count). The van der Waals surface area contributed by atoms with Crippen LogP contribution in [0.2, 0.25) is 0 Å². The van der Waals surface area contributed by atoms with Gasteiger partial charge in [0.05, 0.1) is 19.4 Å². The Bertz CT molecular complexity index is 668. The minimum absolute atomic E-state index is 0.0911. The Balaban J connectivity index is 2.01. The van der Waals surface area contributed by atoms with Gasteiger partial charge in [-0.05, 0) is 43.7 Å². The van der Waals surface area contributed by atoms with Crippen molar-refractivity contribution < 1.29 is 18.7 Å². The largest absolute Gasteiger partial charge is 0.490 e. The summed E-state index contributed by atoms with van der Waals surface area (Å²) < 4.78 is 16.8. The van der Waals surface area contributed by atoms with Crippen LogP contribution < -0.4 is 14.8 Å². The Morgan fingerprint density at radius 1 is 1.24 bits per heavy atom. The number of hydrogen-bond donors (Lipinski definition) is 1. The number of likely N-dealkylation sites (N-methyl/N-ethyl adjacent to an activating group) is 1. The van der Waals surface area contributed by atoms with Gasteiger partial charge in [-0.3, -0.25) is 4.79 Å². The first-order chi connectivity index (χ1) is 12.0. The molecule has 1 heterocycles. The second-order valence-corrected chi connectivity index (χ2v) is 5.89. The number of rotatable bonds is 9. The Hall–Kier alpha value is -2.47. The molecule has 0 saturated carbocycles. The van der Waals surface area contributed by atoms with E-state index in [2.05, 4.69) is 5.32 Å². The summed E-state index contributed by atoms with van der Waals surface area (Å²) in [4.78, 5) is 13.5. The maximum Gasteiger partial charge on any atom is 0.262 e. The van der Waals surface area contributed by atoms with Crippen molar-refractivity contribution in [1.29, 1.82) is 0 Å². The van der Waals surface area contributed by atoms with Crippen LogP contribution in [0.15, 0.2) is 41.0 Å². The lowest BCUT2D eigenvalue weighted by Gasteiger charge is -2.20. The van der Waals surface area contributed by atoms with Gasteiger partial charge >= 0.3 is 0 Å². The number of furan rings is 1. The van der Waals surface area contributed by atoms with Gasteiger partial charge in [-0.25, -0.2) is 0 Å². The first-order valence-electron chi connectivity index (χ1n) is 8.38. The van der Waals surface area contributed by atoms with Gasteiger partial charge in [0, 0.05) is 20.6 Å². The number of hydrogen-bond acceptors (Lipinski definition) is 5. The number of carbonyl (C=O) groups excluding carboxylic acids is 1. The Morgan fingerprint density at radius 2 is 2.04 bits per heavy atom. The molecule has 6 nitrogen and oxygen atoms in total. The van der Waals surface area contributed by atoms with Gasteiger partial charge in [-0.15, -0.1) is 0 Å². The third kappa shape index (κ3) is 5.53. The summed E-state index contributed by atoms with van der Waals surface area (Å²) in [6.07, 6.45) is 1.09. The predicted molar refractivity (Wildman–Crippen MR) is 95.6 cm³/mol. The monoisotopic (exact) mass is 346 g/mol. The van der Waals surface area contributed by atoms with E-state index in [1.807, 2.05) is 37.3 Å². The van der Waals surface area contributed by atoms with Crippen molar-refractivity contribution in [2.24, 2.45) is 0 Å². The zero-order valence-electron chi connectivity index (χ0n) is 15.2. The van der Waals surface area contributed by atoms with Crippen LogP contribution in [-0.2, 0) is 17.9 Å². The standard InChI is InChI=1S/C19H26N2O4/c1-5-23-18-11-15(12-20-13-16-7-6-10-24-16)8-9-17(18)25-14(2)19(22)21(3)4/h6-11,14,20H,5,12-13H2,1-4H3/t14-/m1/s1. The van der Waals surface area contributed by atoms with Crippen molar-refractivity contribution in [3.8, 4) is 11.5 Å². The molecule has 0 radical (unpaired) electrons. The Kier molecular flexibility index (Phi) is 6.89. The molecule has 1 aromatic carbocycles. The second-order valence-electron chi connectivity index (χ2n) is 5.89. The molecule has 1 amide bonds. The molecule has 136 valence electrons. The van der Waals surface area contributed by atoms with Gasteiger partial charge in [0.1, 0.15) is 5.76 Å². The summed E-state index contributed by atoms with van der Waals surface area (Å²) in [6, 6.07) is 9.53. The summed E-state index contributed by atoms with van der Waals surface area (Å²) in [5.41, 5.74) is 1.06. The van der Waals surface area contributed by atoms with Gasteiger partial charge < -0.3 is 24.1 Å². The summed E-state index contributed by atoms with van der Waals surface area (Å²) in [5.74, 6) is 2.00. The minimum Gasteiger partial charge on any atom is -0.490 e. The van der Waals surface area contributed by atoms with Crippen molar-refractivity contribution in [2.75, 3.05) is 20.7 Å². The van der Waals surface area contributed by atoms with E-state index in [0.717, 1.165) is 11.3 Å². The maximum absolute atomic E-state index is 12.0. The molecule has 0 aliphatic heterocycles. The lowest BCUT2D eigenvalue weighted by Crippen LogP contribution is -2.35. The van der Waals surface area contributed by atoms with Crippen molar-refractivity contribution in [1.82, 2.24) is 10.2 Å². The van der Waals surface area contributed by atoms with Crippen LogP contribution in [0.25, 0.3) is 0 Å². The van der Waals surface area contributed by atoms with Crippen LogP contribution >= 0.6 is 0 Å². The van der Waals surface area contributed by atoms with Gasteiger partial charge in [0.2, 0.25) is 0 Å². The van der Waals surface area contributed by atoms with E-state index in [4.69, 9.17) is 13.9 Å². The number of nitrogens with zero attached hydrogens (tertiary/aromatic N) is 1. The Morgan fingerprint density at radius 3 is 2.68 bits per heavy atom. The van der Waals surface area contributed by atoms with Crippen molar-refractivity contribution in [3.63, 3.8) is 0 Å². The first kappa shape index (κ1) is 18.9. The molecule has 0 fully saturated rings. The minimum atomic E-state index is -0.572. The summed E-state index contributed by atoms with van der Waals surface area (Å²) in [6.45, 7) is 5.50.